The maximum absolute atomic E-state index is 12.4. The van der Waals surface area contributed by atoms with E-state index < -0.39 is 0 Å². The van der Waals surface area contributed by atoms with Crippen LogP contribution in [-0.4, -0.2) is 40.6 Å². The summed E-state index contributed by atoms with van der Waals surface area (Å²) in [5.74, 6) is 2.62. The topological polar surface area (TPSA) is 32.3 Å². The minimum absolute atomic E-state index is 0.0443. The van der Waals surface area contributed by atoms with E-state index in [4.69, 9.17) is 0 Å². The highest BCUT2D eigenvalue weighted by molar-refractivity contribution is 7.99. The third-order valence-corrected chi connectivity index (χ3v) is 4.54. The Morgan fingerprint density at radius 3 is 2.67 bits per heavy atom. The van der Waals surface area contributed by atoms with Gasteiger partial charge in [-0.3, -0.25) is 10.1 Å². The van der Waals surface area contributed by atoms with E-state index in [1.165, 1.54) is 0 Å². The molecule has 1 saturated heterocycles. The Hall–Kier alpha value is -0.220. The van der Waals surface area contributed by atoms with Crippen molar-refractivity contribution in [3.63, 3.8) is 0 Å². The molecule has 1 aliphatic heterocycles. The molecule has 0 aromatic carbocycles. The zero-order valence-corrected chi connectivity index (χ0v) is 13.1. The molecular formula is C14H28N2OS. The zero-order valence-electron chi connectivity index (χ0n) is 12.2. The quantitative estimate of drug-likeness (QED) is 0.690. The fourth-order valence-corrected chi connectivity index (χ4v) is 3.36. The fourth-order valence-electron chi connectivity index (χ4n) is 2.57. The standard InChI is InChI=1S/C14H28N2OS/c1-5-8-13-15-12(6-2)14(17)16(13)11(4)9-10-18-7-3/h11-13,15H,5-10H2,1-4H3. The normalized spacial score (nSPS) is 25.8. The van der Waals surface area contributed by atoms with Crippen molar-refractivity contribution in [2.75, 3.05) is 11.5 Å². The van der Waals surface area contributed by atoms with Gasteiger partial charge in [0.15, 0.2) is 0 Å². The highest BCUT2D eigenvalue weighted by atomic mass is 32.2. The van der Waals surface area contributed by atoms with Crippen LogP contribution in [0.15, 0.2) is 0 Å². The van der Waals surface area contributed by atoms with Gasteiger partial charge < -0.3 is 4.90 Å². The van der Waals surface area contributed by atoms with Crippen molar-refractivity contribution in [3.8, 4) is 0 Å². The van der Waals surface area contributed by atoms with Crippen molar-refractivity contribution in [3.05, 3.63) is 0 Å². The molecular weight excluding hydrogens is 244 g/mol. The first-order valence-corrected chi connectivity index (χ1v) is 8.47. The van der Waals surface area contributed by atoms with E-state index in [9.17, 15) is 4.79 Å². The lowest BCUT2D eigenvalue weighted by Crippen LogP contribution is -2.43. The van der Waals surface area contributed by atoms with Crippen molar-refractivity contribution >= 4 is 17.7 Å². The molecule has 4 heteroatoms. The van der Waals surface area contributed by atoms with Gasteiger partial charge in [-0.2, -0.15) is 11.8 Å². The van der Waals surface area contributed by atoms with Crippen molar-refractivity contribution in [1.82, 2.24) is 10.2 Å². The summed E-state index contributed by atoms with van der Waals surface area (Å²) >= 11 is 1.96. The average Bonchev–Trinajstić information content (AvgIpc) is 2.66. The van der Waals surface area contributed by atoms with Crippen LogP contribution in [0.1, 0.15) is 53.4 Å². The van der Waals surface area contributed by atoms with E-state index in [-0.39, 0.29) is 12.2 Å². The van der Waals surface area contributed by atoms with Gasteiger partial charge in [-0.25, -0.2) is 0 Å². The second-order valence-electron chi connectivity index (χ2n) is 5.01. The Kier molecular flexibility index (Phi) is 7.08. The lowest BCUT2D eigenvalue weighted by Gasteiger charge is -2.30. The van der Waals surface area contributed by atoms with Gasteiger partial charge in [0, 0.05) is 6.04 Å². The smallest absolute Gasteiger partial charge is 0.241 e. The summed E-state index contributed by atoms with van der Waals surface area (Å²) in [6.07, 6.45) is 4.44. The third-order valence-electron chi connectivity index (χ3n) is 3.61. The largest absolute Gasteiger partial charge is 0.323 e. The lowest BCUT2D eigenvalue weighted by atomic mass is 10.1. The van der Waals surface area contributed by atoms with Crippen LogP contribution >= 0.6 is 11.8 Å². The van der Waals surface area contributed by atoms with E-state index in [0.29, 0.717) is 11.9 Å². The first kappa shape index (κ1) is 15.8. The molecule has 18 heavy (non-hydrogen) atoms. The van der Waals surface area contributed by atoms with Crippen LogP contribution in [0.5, 0.6) is 0 Å². The predicted octanol–water partition coefficient (Wildman–Crippen LogP) is 2.85. The molecule has 0 bridgehead atoms. The third kappa shape index (κ3) is 3.89. The number of hydrogen-bond donors (Lipinski definition) is 1. The molecule has 0 spiro atoms. The van der Waals surface area contributed by atoms with Gasteiger partial charge in [-0.1, -0.05) is 27.2 Å². The van der Waals surface area contributed by atoms with E-state index in [1.807, 2.05) is 11.8 Å². The van der Waals surface area contributed by atoms with Gasteiger partial charge in [0.05, 0.1) is 12.2 Å². The monoisotopic (exact) mass is 272 g/mol. The molecule has 1 heterocycles. The summed E-state index contributed by atoms with van der Waals surface area (Å²) in [7, 11) is 0. The molecule has 0 aromatic heterocycles. The van der Waals surface area contributed by atoms with Crippen LogP contribution in [0, 0.1) is 0 Å². The summed E-state index contributed by atoms with van der Waals surface area (Å²) in [4.78, 5) is 14.5. The summed E-state index contributed by atoms with van der Waals surface area (Å²) < 4.78 is 0. The lowest BCUT2D eigenvalue weighted by molar-refractivity contribution is -0.132. The second kappa shape index (κ2) is 8.05. The van der Waals surface area contributed by atoms with Crippen molar-refractivity contribution in [2.24, 2.45) is 0 Å². The fraction of sp³-hybridized carbons (Fsp3) is 0.929. The first-order chi connectivity index (χ1) is 8.65. The van der Waals surface area contributed by atoms with Crippen LogP contribution in [0.3, 0.4) is 0 Å². The molecule has 106 valence electrons. The minimum atomic E-state index is 0.0443. The number of nitrogens with one attached hydrogen (secondary N) is 1. The number of carbonyl (C=O) groups is 1. The molecule has 1 rings (SSSR count). The number of carbonyl (C=O) groups excluding carboxylic acids is 1. The number of rotatable bonds is 8. The maximum Gasteiger partial charge on any atom is 0.241 e. The van der Waals surface area contributed by atoms with Crippen LogP contribution in [0.25, 0.3) is 0 Å². The van der Waals surface area contributed by atoms with Crippen LogP contribution in [0.4, 0.5) is 0 Å². The average molecular weight is 272 g/mol. The molecule has 1 fully saturated rings. The molecule has 0 aliphatic carbocycles. The molecule has 0 aromatic rings. The SMILES string of the molecule is CCCC1NC(CC)C(=O)N1C(C)CCSCC. The van der Waals surface area contributed by atoms with Crippen LogP contribution in [0.2, 0.25) is 0 Å². The highest BCUT2D eigenvalue weighted by Crippen LogP contribution is 2.22. The van der Waals surface area contributed by atoms with E-state index in [0.717, 1.165) is 37.2 Å². The second-order valence-corrected chi connectivity index (χ2v) is 6.41. The predicted molar refractivity (Wildman–Crippen MR) is 79.8 cm³/mol. The Morgan fingerprint density at radius 2 is 2.11 bits per heavy atom. The van der Waals surface area contributed by atoms with Gasteiger partial charge in [-0.05, 0) is 37.7 Å². The molecule has 3 atom stereocenters. The maximum atomic E-state index is 12.4. The molecule has 1 aliphatic rings. The summed E-state index contributed by atoms with van der Waals surface area (Å²) in [5, 5.41) is 3.48. The zero-order chi connectivity index (χ0) is 13.5. The van der Waals surface area contributed by atoms with Gasteiger partial charge in [-0.15, -0.1) is 0 Å². The number of nitrogens with zero attached hydrogens (tertiary/aromatic N) is 1. The van der Waals surface area contributed by atoms with Gasteiger partial charge in [0.25, 0.3) is 0 Å². The number of thioether (sulfide) groups is 1. The van der Waals surface area contributed by atoms with Crippen molar-refractivity contribution in [2.45, 2.75) is 71.6 Å². The van der Waals surface area contributed by atoms with E-state index in [1.54, 1.807) is 0 Å². The Bertz CT molecular complexity index is 260. The Labute approximate surface area is 116 Å². The molecule has 1 amide bonds. The van der Waals surface area contributed by atoms with E-state index in [2.05, 4.69) is 37.9 Å². The Balaban J connectivity index is 2.59. The Morgan fingerprint density at radius 1 is 1.39 bits per heavy atom. The first-order valence-electron chi connectivity index (χ1n) is 7.31. The van der Waals surface area contributed by atoms with Gasteiger partial charge >= 0.3 is 0 Å². The van der Waals surface area contributed by atoms with Crippen molar-refractivity contribution < 1.29 is 4.79 Å². The minimum Gasteiger partial charge on any atom is -0.323 e. The van der Waals surface area contributed by atoms with Gasteiger partial charge in [0.1, 0.15) is 0 Å². The van der Waals surface area contributed by atoms with Crippen molar-refractivity contribution in [1.29, 1.82) is 0 Å². The van der Waals surface area contributed by atoms with Crippen LogP contribution in [-0.2, 0) is 4.79 Å². The molecule has 3 unspecified atom stereocenters. The van der Waals surface area contributed by atoms with Gasteiger partial charge in [0.2, 0.25) is 5.91 Å². The van der Waals surface area contributed by atoms with E-state index >= 15 is 0 Å². The summed E-state index contributed by atoms with van der Waals surface area (Å²) in [6.45, 7) is 8.64. The number of hydrogen-bond acceptors (Lipinski definition) is 3. The summed E-state index contributed by atoms with van der Waals surface area (Å²) in [6, 6.07) is 0.403. The molecule has 0 radical (unpaired) electrons. The molecule has 1 N–H and O–H groups in total. The highest BCUT2D eigenvalue weighted by Gasteiger charge is 2.39. The molecule has 3 nitrogen and oxygen atoms in total. The molecule has 0 saturated carbocycles. The van der Waals surface area contributed by atoms with Crippen LogP contribution < -0.4 is 5.32 Å². The summed E-state index contributed by atoms with van der Waals surface area (Å²) in [5.41, 5.74) is 0. The number of amides is 1.